The predicted molar refractivity (Wildman–Crippen MR) is 68.4 cm³/mol. The quantitative estimate of drug-likeness (QED) is 0.545. The molecule has 1 aliphatic heterocycles. The van der Waals surface area contributed by atoms with Gasteiger partial charge in [0.1, 0.15) is 0 Å². The Hall–Kier alpha value is -1.17. The number of hydrogen-bond donors (Lipinski definition) is 0. The molecule has 0 bridgehead atoms. The highest BCUT2D eigenvalue weighted by atomic mass is 19.4. The minimum atomic E-state index is -4.95. The van der Waals surface area contributed by atoms with Gasteiger partial charge in [-0.1, -0.05) is 6.58 Å². The Morgan fingerprint density at radius 1 is 1.20 bits per heavy atom. The fourth-order valence-electron chi connectivity index (χ4n) is 2.25. The zero-order chi connectivity index (χ0) is 15.5. The second kappa shape index (κ2) is 6.52. The van der Waals surface area contributed by atoms with Gasteiger partial charge >= 0.3 is 6.18 Å². The molecule has 1 rings (SSSR count). The molecule has 0 spiro atoms. The molecule has 6 heteroatoms. The third-order valence-corrected chi connectivity index (χ3v) is 3.50. The molecule has 0 aliphatic carbocycles. The number of alkyl halides is 3. The van der Waals surface area contributed by atoms with Gasteiger partial charge in [0.15, 0.2) is 11.7 Å². The zero-order valence-corrected chi connectivity index (χ0v) is 11.5. The van der Waals surface area contributed by atoms with Crippen LogP contribution in [-0.4, -0.2) is 31.2 Å². The van der Waals surface area contributed by atoms with Gasteiger partial charge in [-0.05, 0) is 57.5 Å². The van der Waals surface area contributed by atoms with Crippen LogP contribution in [0.15, 0.2) is 35.5 Å². The maximum absolute atomic E-state index is 13.7. The van der Waals surface area contributed by atoms with Crippen molar-refractivity contribution in [2.24, 2.45) is 5.92 Å². The van der Waals surface area contributed by atoms with Crippen LogP contribution in [-0.2, 0) is 0 Å². The maximum atomic E-state index is 13.7. The fraction of sp³-hybridized carbons (Fsp3) is 0.571. The monoisotopic (exact) mass is 295 g/mol. The van der Waals surface area contributed by atoms with Crippen molar-refractivity contribution < 1.29 is 22.0 Å². The van der Waals surface area contributed by atoms with Gasteiger partial charge in [0.05, 0.1) is 5.57 Å². The van der Waals surface area contributed by atoms with Crippen molar-refractivity contribution in [3.05, 3.63) is 35.5 Å². The molecule has 0 aromatic carbocycles. The molecule has 114 valence electrons. The average Bonchev–Trinajstić information content (AvgIpc) is 2.36. The lowest BCUT2D eigenvalue weighted by Crippen LogP contribution is -2.32. The van der Waals surface area contributed by atoms with Gasteiger partial charge in [0.2, 0.25) is 0 Å². The number of hydrogen-bond acceptors (Lipinski definition) is 1. The van der Waals surface area contributed by atoms with Crippen molar-refractivity contribution in [1.29, 1.82) is 0 Å². The maximum Gasteiger partial charge on any atom is 0.419 e. The van der Waals surface area contributed by atoms with Gasteiger partial charge in [0, 0.05) is 0 Å². The summed E-state index contributed by atoms with van der Waals surface area (Å²) in [5, 5.41) is 0. The van der Waals surface area contributed by atoms with Crippen LogP contribution in [0, 0.1) is 5.92 Å². The third-order valence-electron chi connectivity index (χ3n) is 3.50. The van der Waals surface area contributed by atoms with Crippen LogP contribution in [0.5, 0.6) is 0 Å². The summed E-state index contributed by atoms with van der Waals surface area (Å²) in [5.74, 6) is -3.85. The largest absolute Gasteiger partial charge is 0.419 e. The third kappa shape index (κ3) is 3.91. The lowest BCUT2D eigenvalue weighted by Gasteiger charge is -2.31. The number of piperidine rings is 1. The molecule has 0 amide bonds. The Morgan fingerprint density at radius 2 is 1.70 bits per heavy atom. The number of rotatable bonds is 3. The Labute approximate surface area is 115 Å². The van der Waals surface area contributed by atoms with Gasteiger partial charge in [-0.2, -0.15) is 13.2 Å². The first-order valence-electron chi connectivity index (χ1n) is 6.35. The summed E-state index contributed by atoms with van der Waals surface area (Å²) in [5.41, 5.74) is -1.93. The summed E-state index contributed by atoms with van der Waals surface area (Å²) in [7, 11) is 1.86. The van der Waals surface area contributed by atoms with Crippen LogP contribution in [0.2, 0.25) is 0 Å². The summed E-state index contributed by atoms with van der Waals surface area (Å²) in [4.78, 5) is 1.98. The average molecular weight is 295 g/mol. The van der Waals surface area contributed by atoms with E-state index in [1.807, 2.05) is 11.9 Å². The number of nitrogens with zero attached hydrogens (tertiary/aromatic N) is 1. The predicted octanol–water partition coefficient (Wildman–Crippen LogP) is 4.54. The molecular formula is C14H18F5N. The molecule has 0 saturated carbocycles. The van der Waals surface area contributed by atoms with E-state index in [4.69, 9.17) is 0 Å². The standard InChI is InChI=1S/C14H18F5N/c1-4-11(15)13(16)12(14(17,18)19)9(2)10-5-7-20(3)8-6-10/h4,10H,2,5-8H2,1,3H3/b11-4+,13-12-. The Kier molecular flexibility index (Phi) is 5.50. The molecule has 1 fully saturated rings. The molecule has 1 heterocycles. The van der Waals surface area contributed by atoms with Crippen molar-refractivity contribution in [2.75, 3.05) is 20.1 Å². The molecule has 1 saturated heterocycles. The van der Waals surface area contributed by atoms with Crippen molar-refractivity contribution >= 4 is 0 Å². The van der Waals surface area contributed by atoms with E-state index >= 15 is 0 Å². The van der Waals surface area contributed by atoms with Gasteiger partial charge in [-0.15, -0.1) is 0 Å². The van der Waals surface area contributed by atoms with Gasteiger partial charge in [-0.3, -0.25) is 0 Å². The first-order valence-corrected chi connectivity index (χ1v) is 6.35. The molecule has 0 aromatic heterocycles. The van der Waals surface area contributed by atoms with Crippen molar-refractivity contribution in [3.63, 3.8) is 0 Å². The molecule has 0 unspecified atom stereocenters. The van der Waals surface area contributed by atoms with E-state index in [-0.39, 0.29) is 5.57 Å². The molecular weight excluding hydrogens is 277 g/mol. The van der Waals surface area contributed by atoms with E-state index in [0.29, 0.717) is 32.0 Å². The van der Waals surface area contributed by atoms with Crippen molar-refractivity contribution in [1.82, 2.24) is 4.90 Å². The minimum Gasteiger partial charge on any atom is -0.306 e. The van der Waals surface area contributed by atoms with E-state index in [0.717, 1.165) is 6.92 Å². The molecule has 1 nitrogen and oxygen atoms in total. The van der Waals surface area contributed by atoms with E-state index in [2.05, 4.69) is 6.58 Å². The first-order chi connectivity index (χ1) is 9.18. The van der Waals surface area contributed by atoms with Crippen molar-refractivity contribution in [2.45, 2.75) is 25.9 Å². The molecule has 0 N–H and O–H groups in total. The summed E-state index contributed by atoms with van der Waals surface area (Å²) in [6.45, 7) is 5.75. The topological polar surface area (TPSA) is 3.24 Å². The Bertz CT molecular complexity index is 425. The highest BCUT2D eigenvalue weighted by Gasteiger charge is 2.41. The van der Waals surface area contributed by atoms with Crippen LogP contribution in [0.3, 0.4) is 0 Å². The Morgan fingerprint density at radius 3 is 2.10 bits per heavy atom. The number of likely N-dealkylation sites (tertiary alicyclic amines) is 1. The van der Waals surface area contributed by atoms with Crippen LogP contribution >= 0.6 is 0 Å². The van der Waals surface area contributed by atoms with E-state index in [9.17, 15) is 22.0 Å². The summed E-state index contributed by atoms with van der Waals surface area (Å²) < 4.78 is 65.8. The van der Waals surface area contributed by atoms with Gasteiger partial charge in [-0.25, -0.2) is 8.78 Å². The summed E-state index contributed by atoms with van der Waals surface area (Å²) in [6, 6.07) is 0. The van der Waals surface area contributed by atoms with Gasteiger partial charge < -0.3 is 4.90 Å². The summed E-state index contributed by atoms with van der Waals surface area (Å²) >= 11 is 0. The number of allylic oxidation sites excluding steroid dienone is 5. The second-order valence-electron chi connectivity index (χ2n) is 4.93. The number of halogens is 5. The lowest BCUT2D eigenvalue weighted by molar-refractivity contribution is -0.0921. The fourth-order valence-corrected chi connectivity index (χ4v) is 2.25. The highest BCUT2D eigenvalue weighted by Crippen LogP contribution is 2.41. The first kappa shape index (κ1) is 16.9. The zero-order valence-electron chi connectivity index (χ0n) is 11.5. The van der Waals surface area contributed by atoms with Crippen LogP contribution < -0.4 is 0 Å². The molecule has 1 aliphatic rings. The lowest BCUT2D eigenvalue weighted by atomic mass is 9.85. The molecule has 20 heavy (non-hydrogen) atoms. The summed E-state index contributed by atoms with van der Waals surface area (Å²) in [6.07, 6.45) is -3.37. The van der Waals surface area contributed by atoms with Crippen LogP contribution in [0.1, 0.15) is 19.8 Å². The van der Waals surface area contributed by atoms with Crippen LogP contribution in [0.25, 0.3) is 0 Å². The Balaban J connectivity index is 3.10. The molecule has 0 atom stereocenters. The van der Waals surface area contributed by atoms with E-state index < -0.39 is 29.3 Å². The smallest absolute Gasteiger partial charge is 0.306 e. The molecule has 0 radical (unpaired) electrons. The van der Waals surface area contributed by atoms with E-state index in [1.165, 1.54) is 0 Å². The molecule has 0 aromatic rings. The van der Waals surface area contributed by atoms with Crippen molar-refractivity contribution in [3.8, 4) is 0 Å². The second-order valence-corrected chi connectivity index (χ2v) is 4.93. The van der Waals surface area contributed by atoms with Gasteiger partial charge in [0.25, 0.3) is 0 Å². The SMILES string of the molecule is C=C(/C(=C(F)\C(F)=C/C)C(F)(F)F)C1CCN(C)CC1. The highest BCUT2D eigenvalue weighted by molar-refractivity contribution is 5.42. The normalized spacial score (nSPS) is 20.9. The minimum absolute atomic E-state index is 0.361. The van der Waals surface area contributed by atoms with E-state index in [1.54, 1.807) is 0 Å². The van der Waals surface area contributed by atoms with Crippen LogP contribution in [0.4, 0.5) is 22.0 Å².